The minimum atomic E-state index is -3.50. The molecule has 0 aromatic heterocycles. The monoisotopic (exact) mass is 297 g/mol. The third-order valence-corrected chi connectivity index (χ3v) is 4.21. The fourth-order valence-corrected chi connectivity index (χ4v) is 3.17. The van der Waals surface area contributed by atoms with E-state index >= 15 is 0 Å². The third kappa shape index (κ3) is 4.51. The Morgan fingerprint density at radius 1 is 1.33 bits per heavy atom. The topological polar surface area (TPSA) is 46.2 Å². The first-order chi connectivity index (χ1) is 8.35. The number of halogens is 3. The Bertz CT molecular complexity index is 488. The second kappa shape index (κ2) is 6.45. The summed E-state index contributed by atoms with van der Waals surface area (Å²) in [6, 6.07) is 2.93. The molecule has 7 heteroatoms. The van der Waals surface area contributed by atoms with Crippen LogP contribution in [0.15, 0.2) is 18.2 Å². The van der Waals surface area contributed by atoms with Crippen molar-refractivity contribution in [2.45, 2.75) is 19.4 Å². The third-order valence-electron chi connectivity index (χ3n) is 2.30. The second-order valence-electron chi connectivity index (χ2n) is 3.93. The number of rotatable bonds is 6. The average Bonchev–Trinajstić information content (AvgIpc) is 2.22. The first-order valence-corrected chi connectivity index (χ1v) is 7.53. The molecule has 1 N–H and O–H groups in total. The number of benzene rings is 1. The Morgan fingerprint density at radius 3 is 2.39 bits per heavy atom. The van der Waals surface area contributed by atoms with Crippen LogP contribution < -0.4 is 4.72 Å². The lowest BCUT2D eigenvalue weighted by atomic mass is 10.1. The van der Waals surface area contributed by atoms with E-state index in [0.717, 1.165) is 12.1 Å². The molecule has 1 unspecified atom stereocenters. The Kier molecular flexibility index (Phi) is 5.49. The Morgan fingerprint density at radius 2 is 1.89 bits per heavy atom. The second-order valence-corrected chi connectivity index (χ2v) is 6.18. The van der Waals surface area contributed by atoms with Crippen molar-refractivity contribution in [3.63, 3.8) is 0 Å². The zero-order chi connectivity index (χ0) is 13.8. The molecule has 0 heterocycles. The Labute approximate surface area is 110 Å². The highest BCUT2D eigenvalue weighted by Crippen LogP contribution is 2.14. The molecule has 0 spiro atoms. The van der Waals surface area contributed by atoms with Gasteiger partial charge in [-0.05, 0) is 25.5 Å². The van der Waals surface area contributed by atoms with Gasteiger partial charge >= 0.3 is 0 Å². The van der Waals surface area contributed by atoms with E-state index in [1.54, 1.807) is 0 Å². The van der Waals surface area contributed by atoms with Crippen LogP contribution in [0.1, 0.15) is 12.5 Å². The lowest BCUT2D eigenvalue weighted by molar-refractivity contribution is 0.523. The quantitative estimate of drug-likeness (QED) is 0.817. The molecule has 0 aliphatic carbocycles. The highest BCUT2D eigenvalue weighted by atomic mass is 35.5. The number of hydrogen-bond acceptors (Lipinski definition) is 2. The lowest BCUT2D eigenvalue weighted by Crippen LogP contribution is -2.36. The molecule has 0 radical (unpaired) electrons. The molecule has 0 amide bonds. The summed E-state index contributed by atoms with van der Waals surface area (Å²) in [6.45, 7) is 1.54. The molecule has 0 saturated carbocycles. The number of nitrogens with one attached hydrogen (secondary N) is 1. The van der Waals surface area contributed by atoms with Crippen LogP contribution in [-0.2, 0) is 16.4 Å². The molecule has 102 valence electrons. The van der Waals surface area contributed by atoms with Crippen molar-refractivity contribution in [2.75, 3.05) is 11.6 Å². The molecule has 1 aromatic rings. The molecule has 18 heavy (non-hydrogen) atoms. The summed E-state index contributed by atoms with van der Waals surface area (Å²) in [7, 11) is -3.50. The SMILES string of the molecule is CC(Cc1c(F)cccc1F)NS(=O)(=O)CCCl. The van der Waals surface area contributed by atoms with Crippen molar-refractivity contribution >= 4 is 21.6 Å². The molecule has 1 aromatic carbocycles. The summed E-state index contributed by atoms with van der Waals surface area (Å²) in [5, 5.41) is 0. The summed E-state index contributed by atoms with van der Waals surface area (Å²) in [5.41, 5.74) is -0.126. The standard InChI is InChI=1S/C11H14ClF2NO2S/c1-8(15-18(16,17)6-5-12)7-9-10(13)3-2-4-11(9)14/h2-4,8,15H,5-7H2,1H3. The molecule has 0 fully saturated rings. The number of alkyl halides is 1. The number of hydrogen-bond donors (Lipinski definition) is 1. The van der Waals surface area contributed by atoms with E-state index in [9.17, 15) is 17.2 Å². The zero-order valence-corrected chi connectivity index (χ0v) is 11.4. The summed E-state index contributed by atoms with van der Waals surface area (Å²) in [6.07, 6.45) is -0.0555. The van der Waals surface area contributed by atoms with Gasteiger partial charge in [-0.2, -0.15) is 0 Å². The smallest absolute Gasteiger partial charge is 0.212 e. The largest absolute Gasteiger partial charge is 0.213 e. The van der Waals surface area contributed by atoms with E-state index in [1.807, 2.05) is 0 Å². The van der Waals surface area contributed by atoms with Gasteiger partial charge in [0.2, 0.25) is 10.0 Å². The van der Waals surface area contributed by atoms with Crippen LogP contribution in [0.2, 0.25) is 0 Å². The van der Waals surface area contributed by atoms with Gasteiger partial charge in [-0.15, -0.1) is 11.6 Å². The summed E-state index contributed by atoms with van der Waals surface area (Å²) in [5.74, 6) is -1.62. The maximum atomic E-state index is 13.4. The maximum absolute atomic E-state index is 13.4. The van der Waals surface area contributed by atoms with Gasteiger partial charge in [0.25, 0.3) is 0 Å². The molecule has 0 aliphatic heterocycles. The fraction of sp³-hybridized carbons (Fsp3) is 0.455. The first-order valence-electron chi connectivity index (χ1n) is 5.34. The van der Waals surface area contributed by atoms with Crippen molar-refractivity contribution in [1.82, 2.24) is 4.72 Å². The van der Waals surface area contributed by atoms with E-state index in [2.05, 4.69) is 4.72 Å². The zero-order valence-electron chi connectivity index (χ0n) is 9.79. The molecule has 1 atom stereocenters. The van der Waals surface area contributed by atoms with Gasteiger partial charge < -0.3 is 0 Å². The predicted octanol–water partition coefficient (Wildman–Crippen LogP) is 2.05. The van der Waals surface area contributed by atoms with E-state index in [0.29, 0.717) is 0 Å². The summed E-state index contributed by atoms with van der Waals surface area (Å²) < 4.78 is 51.9. The van der Waals surface area contributed by atoms with Crippen LogP contribution in [0, 0.1) is 11.6 Å². The molecule has 3 nitrogen and oxygen atoms in total. The maximum Gasteiger partial charge on any atom is 0.213 e. The van der Waals surface area contributed by atoms with Crippen LogP contribution in [0.5, 0.6) is 0 Å². The molecule has 1 rings (SSSR count). The van der Waals surface area contributed by atoms with E-state index < -0.39 is 27.7 Å². The van der Waals surface area contributed by atoms with Gasteiger partial charge in [-0.25, -0.2) is 21.9 Å². The van der Waals surface area contributed by atoms with Gasteiger partial charge in [-0.1, -0.05) is 6.07 Å². The molecule has 0 saturated heterocycles. The molecule has 0 bridgehead atoms. The molecule has 0 aliphatic rings. The summed E-state index contributed by atoms with van der Waals surface area (Å²) >= 11 is 5.34. The van der Waals surface area contributed by atoms with Crippen molar-refractivity contribution in [2.24, 2.45) is 0 Å². The number of sulfonamides is 1. The van der Waals surface area contributed by atoms with Gasteiger partial charge in [0.05, 0.1) is 5.75 Å². The van der Waals surface area contributed by atoms with Crippen LogP contribution in [0.3, 0.4) is 0 Å². The normalized spacial score (nSPS) is 13.6. The van der Waals surface area contributed by atoms with Gasteiger partial charge in [0, 0.05) is 17.5 Å². The minimum absolute atomic E-state index is 0.0316. The van der Waals surface area contributed by atoms with Gasteiger partial charge in [-0.3, -0.25) is 0 Å². The minimum Gasteiger partial charge on any atom is -0.212 e. The van der Waals surface area contributed by atoms with Crippen LogP contribution in [0.25, 0.3) is 0 Å². The Balaban J connectivity index is 2.74. The highest BCUT2D eigenvalue weighted by Gasteiger charge is 2.17. The lowest BCUT2D eigenvalue weighted by Gasteiger charge is -2.14. The van der Waals surface area contributed by atoms with Crippen molar-refractivity contribution in [3.05, 3.63) is 35.4 Å². The first kappa shape index (κ1) is 15.3. The van der Waals surface area contributed by atoms with Gasteiger partial charge in [0.1, 0.15) is 11.6 Å². The predicted molar refractivity (Wildman–Crippen MR) is 67.2 cm³/mol. The van der Waals surface area contributed by atoms with Crippen molar-refractivity contribution < 1.29 is 17.2 Å². The van der Waals surface area contributed by atoms with Crippen LogP contribution in [0.4, 0.5) is 8.78 Å². The average molecular weight is 298 g/mol. The Hall–Kier alpha value is -0.720. The van der Waals surface area contributed by atoms with Gasteiger partial charge in [0.15, 0.2) is 0 Å². The fourth-order valence-electron chi connectivity index (χ4n) is 1.54. The highest BCUT2D eigenvalue weighted by molar-refractivity contribution is 7.89. The van der Waals surface area contributed by atoms with E-state index in [1.165, 1.54) is 13.0 Å². The van der Waals surface area contributed by atoms with E-state index in [4.69, 9.17) is 11.6 Å². The molecular weight excluding hydrogens is 284 g/mol. The van der Waals surface area contributed by atoms with Crippen molar-refractivity contribution in [1.29, 1.82) is 0 Å². The summed E-state index contributed by atoms with van der Waals surface area (Å²) in [4.78, 5) is 0. The van der Waals surface area contributed by atoms with E-state index in [-0.39, 0.29) is 23.6 Å². The van der Waals surface area contributed by atoms with Crippen LogP contribution >= 0.6 is 11.6 Å². The van der Waals surface area contributed by atoms with Crippen LogP contribution in [-0.4, -0.2) is 26.1 Å². The van der Waals surface area contributed by atoms with Crippen molar-refractivity contribution in [3.8, 4) is 0 Å². The molecular formula is C11H14ClF2NO2S.